The predicted octanol–water partition coefficient (Wildman–Crippen LogP) is 2.53. The van der Waals surface area contributed by atoms with E-state index in [-0.39, 0.29) is 17.5 Å². The Morgan fingerprint density at radius 1 is 1.00 bits per heavy atom. The number of nitrogens with two attached hydrogens (primary N) is 1. The first-order valence-corrected chi connectivity index (χ1v) is 4.98. The topological polar surface area (TPSA) is 63.8 Å². The molecule has 3 N–H and O–H groups in total. The SMILES string of the molecule is Cc1cc(Nc2cc(F)c(F)cc2F)nc(N)n1. The second-order valence-corrected chi connectivity index (χ2v) is 3.62. The van der Waals surface area contributed by atoms with Crippen LogP contribution in [0.4, 0.5) is 30.6 Å². The summed E-state index contributed by atoms with van der Waals surface area (Å²) in [5.74, 6) is -3.14. The minimum atomic E-state index is -1.25. The van der Waals surface area contributed by atoms with Crippen LogP contribution in [0.25, 0.3) is 0 Å². The molecule has 1 heterocycles. The summed E-state index contributed by atoms with van der Waals surface area (Å²) < 4.78 is 39.1. The number of nitrogens with zero attached hydrogens (tertiary/aromatic N) is 2. The fourth-order valence-corrected chi connectivity index (χ4v) is 1.41. The van der Waals surface area contributed by atoms with Gasteiger partial charge in [0, 0.05) is 23.9 Å². The number of hydrogen-bond acceptors (Lipinski definition) is 4. The number of anilines is 3. The average molecular weight is 254 g/mol. The zero-order valence-electron chi connectivity index (χ0n) is 9.34. The van der Waals surface area contributed by atoms with Gasteiger partial charge < -0.3 is 11.1 Å². The molecule has 0 aliphatic carbocycles. The lowest BCUT2D eigenvalue weighted by Crippen LogP contribution is -2.03. The van der Waals surface area contributed by atoms with Gasteiger partial charge in [-0.15, -0.1) is 0 Å². The third-order valence-electron chi connectivity index (χ3n) is 2.14. The van der Waals surface area contributed by atoms with Crippen LogP contribution < -0.4 is 11.1 Å². The number of hydrogen-bond donors (Lipinski definition) is 2. The van der Waals surface area contributed by atoms with Crippen molar-refractivity contribution in [1.29, 1.82) is 0 Å². The third kappa shape index (κ3) is 2.50. The molecule has 0 fully saturated rings. The molecule has 2 rings (SSSR count). The summed E-state index contributed by atoms with van der Waals surface area (Å²) >= 11 is 0. The molecule has 2 aromatic rings. The number of nitrogen functional groups attached to an aromatic ring is 1. The highest BCUT2D eigenvalue weighted by molar-refractivity contribution is 5.58. The van der Waals surface area contributed by atoms with Crippen LogP contribution in [0.15, 0.2) is 18.2 Å². The van der Waals surface area contributed by atoms with E-state index in [1.807, 2.05) is 0 Å². The van der Waals surface area contributed by atoms with Crippen LogP contribution in [-0.4, -0.2) is 9.97 Å². The van der Waals surface area contributed by atoms with Gasteiger partial charge in [-0.3, -0.25) is 0 Å². The number of aryl methyl sites for hydroxylation is 1. The van der Waals surface area contributed by atoms with Crippen molar-refractivity contribution in [2.45, 2.75) is 6.92 Å². The number of nitrogens with one attached hydrogen (secondary N) is 1. The van der Waals surface area contributed by atoms with Crippen molar-refractivity contribution in [3.63, 3.8) is 0 Å². The molecular weight excluding hydrogens is 245 g/mol. The van der Waals surface area contributed by atoms with Gasteiger partial charge in [0.1, 0.15) is 11.6 Å². The van der Waals surface area contributed by atoms with E-state index in [1.165, 1.54) is 6.07 Å². The molecule has 0 spiro atoms. The summed E-state index contributed by atoms with van der Waals surface area (Å²) in [6.07, 6.45) is 0. The summed E-state index contributed by atoms with van der Waals surface area (Å²) in [5, 5.41) is 2.51. The molecule has 1 aromatic carbocycles. The van der Waals surface area contributed by atoms with E-state index in [1.54, 1.807) is 6.92 Å². The van der Waals surface area contributed by atoms with Gasteiger partial charge >= 0.3 is 0 Å². The molecule has 0 saturated carbocycles. The van der Waals surface area contributed by atoms with Crippen molar-refractivity contribution < 1.29 is 13.2 Å². The second kappa shape index (κ2) is 4.52. The summed E-state index contributed by atoms with van der Waals surface area (Å²) in [6.45, 7) is 1.67. The minimum absolute atomic E-state index is 0.000455. The Morgan fingerprint density at radius 2 is 1.67 bits per heavy atom. The van der Waals surface area contributed by atoms with Crippen LogP contribution in [0.3, 0.4) is 0 Å². The van der Waals surface area contributed by atoms with E-state index in [2.05, 4.69) is 15.3 Å². The van der Waals surface area contributed by atoms with Gasteiger partial charge in [-0.25, -0.2) is 18.2 Å². The zero-order chi connectivity index (χ0) is 13.3. The van der Waals surface area contributed by atoms with Crippen molar-refractivity contribution in [1.82, 2.24) is 9.97 Å². The van der Waals surface area contributed by atoms with Crippen LogP contribution in [-0.2, 0) is 0 Å². The maximum absolute atomic E-state index is 13.4. The molecule has 0 radical (unpaired) electrons. The molecule has 1 aromatic heterocycles. The Hall–Kier alpha value is -2.31. The van der Waals surface area contributed by atoms with Crippen LogP contribution in [0.1, 0.15) is 5.69 Å². The van der Waals surface area contributed by atoms with Crippen LogP contribution in [0, 0.1) is 24.4 Å². The molecule has 7 heteroatoms. The Labute approximate surface area is 101 Å². The van der Waals surface area contributed by atoms with E-state index in [9.17, 15) is 13.2 Å². The molecule has 0 amide bonds. The van der Waals surface area contributed by atoms with Crippen molar-refractivity contribution in [2.75, 3.05) is 11.1 Å². The molecule has 4 nitrogen and oxygen atoms in total. The lowest BCUT2D eigenvalue weighted by atomic mass is 10.2. The van der Waals surface area contributed by atoms with Gasteiger partial charge in [-0.2, -0.15) is 4.98 Å². The van der Waals surface area contributed by atoms with Gasteiger partial charge in [0.15, 0.2) is 11.6 Å². The Balaban J connectivity index is 2.36. The molecular formula is C11H9F3N4. The van der Waals surface area contributed by atoms with Crippen molar-refractivity contribution >= 4 is 17.5 Å². The Morgan fingerprint density at radius 3 is 2.33 bits per heavy atom. The number of halogens is 3. The molecule has 0 aliphatic rings. The molecule has 0 atom stereocenters. The highest BCUT2D eigenvalue weighted by Gasteiger charge is 2.10. The monoisotopic (exact) mass is 254 g/mol. The summed E-state index contributed by atoms with van der Waals surface area (Å²) in [6, 6.07) is 2.66. The lowest BCUT2D eigenvalue weighted by molar-refractivity contribution is 0.496. The van der Waals surface area contributed by atoms with Crippen LogP contribution >= 0.6 is 0 Å². The smallest absolute Gasteiger partial charge is 0.222 e. The molecule has 0 aliphatic heterocycles. The highest BCUT2D eigenvalue weighted by atomic mass is 19.2. The third-order valence-corrected chi connectivity index (χ3v) is 2.14. The second-order valence-electron chi connectivity index (χ2n) is 3.62. The van der Waals surface area contributed by atoms with Gasteiger partial charge in [0.2, 0.25) is 5.95 Å². The van der Waals surface area contributed by atoms with Crippen LogP contribution in [0.2, 0.25) is 0 Å². The van der Waals surface area contributed by atoms with Gasteiger partial charge in [-0.1, -0.05) is 0 Å². The molecule has 94 valence electrons. The fourth-order valence-electron chi connectivity index (χ4n) is 1.41. The van der Waals surface area contributed by atoms with Gasteiger partial charge in [-0.05, 0) is 6.92 Å². The summed E-state index contributed by atoms with van der Waals surface area (Å²) in [7, 11) is 0. The predicted molar refractivity (Wildman–Crippen MR) is 60.8 cm³/mol. The van der Waals surface area contributed by atoms with Crippen molar-refractivity contribution in [2.24, 2.45) is 0 Å². The molecule has 0 bridgehead atoms. The van der Waals surface area contributed by atoms with E-state index >= 15 is 0 Å². The quantitative estimate of drug-likeness (QED) is 0.808. The molecule has 0 unspecified atom stereocenters. The number of benzene rings is 1. The van der Waals surface area contributed by atoms with E-state index in [0.29, 0.717) is 17.8 Å². The van der Waals surface area contributed by atoms with Crippen molar-refractivity contribution in [3.05, 3.63) is 41.3 Å². The zero-order valence-corrected chi connectivity index (χ0v) is 9.34. The minimum Gasteiger partial charge on any atom is -0.368 e. The van der Waals surface area contributed by atoms with E-state index < -0.39 is 17.5 Å². The number of aromatic nitrogens is 2. The maximum Gasteiger partial charge on any atom is 0.222 e. The highest BCUT2D eigenvalue weighted by Crippen LogP contribution is 2.22. The molecule has 0 saturated heterocycles. The average Bonchev–Trinajstić information content (AvgIpc) is 2.24. The molecule has 18 heavy (non-hydrogen) atoms. The number of rotatable bonds is 2. The Bertz CT molecular complexity index is 581. The van der Waals surface area contributed by atoms with Crippen LogP contribution in [0.5, 0.6) is 0 Å². The van der Waals surface area contributed by atoms with Gasteiger partial charge in [0.05, 0.1) is 5.69 Å². The summed E-state index contributed by atoms with van der Waals surface area (Å²) in [4.78, 5) is 7.62. The maximum atomic E-state index is 13.4. The first-order chi connectivity index (χ1) is 8.45. The Kier molecular flexibility index (Phi) is 3.05. The van der Waals surface area contributed by atoms with E-state index in [4.69, 9.17) is 5.73 Å². The lowest BCUT2D eigenvalue weighted by Gasteiger charge is -2.08. The first kappa shape index (κ1) is 12.2. The standard InChI is InChI=1S/C11H9F3N4/c1-5-2-10(18-11(15)16-5)17-9-4-7(13)6(12)3-8(9)14/h2-4H,1H3,(H3,15,16,17,18). The van der Waals surface area contributed by atoms with Crippen molar-refractivity contribution in [3.8, 4) is 0 Å². The van der Waals surface area contributed by atoms with E-state index in [0.717, 1.165) is 0 Å². The fraction of sp³-hybridized carbons (Fsp3) is 0.0909. The largest absolute Gasteiger partial charge is 0.368 e. The first-order valence-electron chi connectivity index (χ1n) is 4.98. The summed E-state index contributed by atoms with van der Waals surface area (Å²) in [5.41, 5.74) is 5.75. The normalized spacial score (nSPS) is 10.4. The van der Waals surface area contributed by atoms with Gasteiger partial charge in [0.25, 0.3) is 0 Å².